The quantitative estimate of drug-likeness (QED) is 0.400. The van der Waals surface area contributed by atoms with Gasteiger partial charge in [-0.1, -0.05) is 63.6 Å². The molecule has 0 saturated heterocycles. The number of halogens is 2. The number of rotatable bonds is 4. The topological polar surface area (TPSA) is 43.1 Å². The van der Waals surface area contributed by atoms with E-state index in [2.05, 4.69) is 26.1 Å². The van der Waals surface area contributed by atoms with Crippen molar-refractivity contribution in [2.75, 3.05) is 0 Å². The van der Waals surface area contributed by atoms with Gasteiger partial charge in [-0.15, -0.1) is 10.2 Å². The minimum Gasteiger partial charge on any atom is -0.187 e. The summed E-state index contributed by atoms with van der Waals surface area (Å²) in [6, 6.07) is 19.8. The SMILES string of the molecule is Clc1cccc(CSc2nnc3ccc(-c4ccc(Br)cc4)nn23)c1. The summed E-state index contributed by atoms with van der Waals surface area (Å²) in [5.74, 6) is 0.756. The van der Waals surface area contributed by atoms with Crippen LogP contribution in [0.25, 0.3) is 16.9 Å². The largest absolute Gasteiger partial charge is 0.212 e. The Morgan fingerprint density at radius 2 is 1.84 bits per heavy atom. The number of benzene rings is 2. The molecule has 4 nitrogen and oxygen atoms in total. The second-order valence-corrected chi connectivity index (χ2v) is 7.69. The first-order chi connectivity index (χ1) is 12.2. The molecule has 4 rings (SSSR count). The smallest absolute Gasteiger partial charge is 0.187 e. The van der Waals surface area contributed by atoms with Gasteiger partial charge in [0, 0.05) is 20.8 Å². The molecule has 25 heavy (non-hydrogen) atoms. The summed E-state index contributed by atoms with van der Waals surface area (Å²) in [6.07, 6.45) is 0. The molecule has 0 unspecified atom stereocenters. The van der Waals surface area contributed by atoms with Crippen LogP contribution in [0.2, 0.25) is 5.02 Å². The summed E-state index contributed by atoms with van der Waals surface area (Å²) in [5, 5.41) is 14.6. The van der Waals surface area contributed by atoms with Crippen molar-refractivity contribution in [2.24, 2.45) is 0 Å². The van der Waals surface area contributed by atoms with Gasteiger partial charge in [-0.3, -0.25) is 0 Å². The molecular formula is C18H12BrClN4S. The summed E-state index contributed by atoms with van der Waals surface area (Å²) < 4.78 is 2.83. The van der Waals surface area contributed by atoms with Crippen LogP contribution in [0.4, 0.5) is 0 Å². The van der Waals surface area contributed by atoms with Gasteiger partial charge in [0.25, 0.3) is 0 Å². The first kappa shape index (κ1) is 16.6. The second kappa shape index (κ2) is 7.15. The Kier molecular flexibility index (Phi) is 4.74. The number of thioether (sulfide) groups is 1. The zero-order valence-corrected chi connectivity index (χ0v) is 16.1. The minimum atomic E-state index is 0.731. The van der Waals surface area contributed by atoms with Crippen LogP contribution in [0.3, 0.4) is 0 Å². The van der Waals surface area contributed by atoms with E-state index in [0.29, 0.717) is 0 Å². The van der Waals surface area contributed by atoms with Crippen molar-refractivity contribution in [3.63, 3.8) is 0 Å². The fourth-order valence-electron chi connectivity index (χ4n) is 2.41. The lowest BCUT2D eigenvalue weighted by molar-refractivity contribution is 0.813. The standard InChI is InChI=1S/C18H12BrClN4S/c19-14-6-4-13(5-7-14)16-8-9-17-21-22-18(24(17)23-16)25-11-12-2-1-3-15(20)10-12/h1-10H,11H2. The van der Waals surface area contributed by atoms with Crippen molar-refractivity contribution >= 4 is 44.9 Å². The maximum atomic E-state index is 6.04. The highest BCUT2D eigenvalue weighted by Gasteiger charge is 2.10. The Balaban J connectivity index is 1.63. The molecule has 2 aromatic heterocycles. The van der Waals surface area contributed by atoms with Crippen LogP contribution < -0.4 is 0 Å². The lowest BCUT2D eigenvalue weighted by atomic mass is 10.1. The van der Waals surface area contributed by atoms with Crippen LogP contribution in [-0.2, 0) is 5.75 Å². The van der Waals surface area contributed by atoms with E-state index in [4.69, 9.17) is 16.7 Å². The molecule has 0 spiro atoms. The van der Waals surface area contributed by atoms with Crippen molar-refractivity contribution in [3.05, 3.63) is 75.7 Å². The van der Waals surface area contributed by atoms with Crippen LogP contribution in [0, 0.1) is 0 Å². The molecule has 0 radical (unpaired) electrons. The fourth-order valence-corrected chi connectivity index (χ4v) is 3.72. The molecule has 2 aromatic carbocycles. The average Bonchev–Trinajstić information content (AvgIpc) is 3.03. The van der Waals surface area contributed by atoms with E-state index in [1.54, 1.807) is 16.3 Å². The van der Waals surface area contributed by atoms with Gasteiger partial charge in [0.2, 0.25) is 5.16 Å². The van der Waals surface area contributed by atoms with Crippen molar-refractivity contribution < 1.29 is 0 Å². The molecule has 7 heteroatoms. The van der Waals surface area contributed by atoms with E-state index in [1.165, 1.54) is 0 Å². The van der Waals surface area contributed by atoms with Crippen LogP contribution in [0.15, 0.2) is 70.3 Å². The Morgan fingerprint density at radius 1 is 1.00 bits per heavy atom. The van der Waals surface area contributed by atoms with Gasteiger partial charge in [0.1, 0.15) is 0 Å². The molecule has 0 saturated carbocycles. The molecule has 0 N–H and O–H groups in total. The highest BCUT2D eigenvalue weighted by Crippen LogP contribution is 2.25. The Labute approximate surface area is 162 Å². The van der Waals surface area contributed by atoms with Gasteiger partial charge < -0.3 is 0 Å². The van der Waals surface area contributed by atoms with Gasteiger partial charge in [-0.05, 0) is 42.0 Å². The van der Waals surface area contributed by atoms with Crippen molar-refractivity contribution in [1.82, 2.24) is 19.8 Å². The third kappa shape index (κ3) is 3.71. The van der Waals surface area contributed by atoms with Crippen molar-refractivity contribution in [1.29, 1.82) is 0 Å². The van der Waals surface area contributed by atoms with Crippen LogP contribution in [0.1, 0.15) is 5.56 Å². The van der Waals surface area contributed by atoms with Gasteiger partial charge >= 0.3 is 0 Å². The molecule has 0 aliphatic carbocycles. The van der Waals surface area contributed by atoms with Crippen molar-refractivity contribution in [3.8, 4) is 11.3 Å². The zero-order valence-electron chi connectivity index (χ0n) is 12.9. The maximum Gasteiger partial charge on any atom is 0.212 e. The van der Waals surface area contributed by atoms with E-state index >= 15 is 0 Å². The third-order valence-corrected chi connectivity index (χ3v) is 5.39. The Bertz CT molecular complexity index is 1030. The molecule has 0 aliphatic rings. The number of nitrogens with zero attached hydrogens (tertiary/aromatic N) is 4. The lowest BCUT2D eigenvalue weighted by Gasteiger charge is -2.04. The maximum absolute atomic E-state index is 6.04. The molecule has 4 aromatic rings. The predicted octanol–water partition coefficient (Wildman–Crippen LogP) is 5.50. The molecule has 0 atom stereocenters. The summed E-state index contributed by atoms with van der Waals surface area (Å²) in [7, 11) is 0. The first-order valence-electron chi connectivity index (χ1n) is 7.55. The van der Waals surface area contributed by atoms with E-state index in [-0.39, 0.29) is 0 Å². The fraction of sp³-hybridized carbons (Fsp3) is 0.0556. The molecule has 0 fully saturated rings. The molecule has 0 bridgehead atoms. The molecule has 124 valence electrons. The summed E-state index contributed by atoms with van der Waals surface area (Å²) in [5.41, 5.74) is 3.79. The van der Waals surface area contributed by atoms with Gasteiger partial charge in [0.05, 0.1) is 5.69 Å². The van der Waals surface area contributed by atoms with Crippen LogP contribution in [0.5, 0.6) is 0 Å². The second-order valence-electron chi connectivity index (χ2n) is 5.40. The van der Waals surface area contributed by atoms with E-state index in [9.17, 15) is 0 Å². The number of fused-ring (bicyclic) bond motifs is 1. The Hall–Kier alpha value is -1.89. The molecular weight excluding hydrogens is 420 g/mol. The summed E-state index contributed by atoms with van der Waals surface area (Å²) in [6.45, 7) is 0. The van der Waals surface area contributed by atoms with Gasteiger partial charge in [-0.2, -0.15) is 9.61 Å². The first-order valence-corrected chi connectivity index (χ1v) is 9.70. The minimum absolute atomic E-state index is 0.731. The van der Waals surface area contributed by atoms with E-state index < -0.39 is 0 Å². The van der Waals surface area contributed by atoms with Gasteiger partial charge in [-0.25, -0.2) is 0 Å². The lowest BCUT2D eigenvalue weighted by Crippen LogP contribution is -1.96. The van der Waals surface area contributed by atoms with E-state index in [1.807, 2.05) is 60.7 Å². The Morgan fingerprint density at radius 3 is 2.64 bits per heavy atom. The normalized spacial score (nSPS) is 11.1. The molecule has 2 heterocycles. The van der Waals surface area contributed by atoms with E-state index in [0.717, 1.165) is 42.9 Å². The summed E-state index contributed by atoms with van der Waals surface area (Å²) >= 11 is 11.1. The number of hydrogen-bond donors (Lipinski definition) is 0. The zero-order chi connectivity index (χ0) is 17.2. The van der Waals surface area contributed by atoms with Gasteiger partial charge in [0.15, 0.2) is 5.65 Å². The third-order valence-electron chi connectivity index (χ3n) is 3.63. The monoisotopic (exact) mass is 430 g/mol. The van der Waals surface area contributed by atoms with Crippen LogP contribution >= 0.6 is 39.3 Å². The highest BCUT2D eigenvalue weighted by atomic mass is 79.9. The van der Waals surface area contributed by atoms with Crippen molar-refractivity contribution in [2.45, 2.75) is 10.9 Å². The number of aromatic nitrogens is 4. The predicted molar refractivity (Wildman–Crippen MR) is 105 cm³/mol. The molecule has 0 aliphatic heterocycles. The highest BCUT2D eigenvalue weighted by molar-refractivity contribution is 9.10. The van der Waals surface area contributed by atoms with Crippen LogP contribution in [-0.4, -0.2) is 19.8 Å². The average molecular weight is 432 g/mol. The summed E-state index contributed by atoms with van der Waals surface area (Å²) in [4.78, 5) is 0. The number of hydrogen-bond acceptors (Lipinski definition) is 4. The molecule has 0 amide bonds.